The van der Waals surface area contributed by atoms with E-state index in [-0.39, 0.29) is 6.54 Å². The van der Waals surface area contributed by atoms with Crippen LogP contribution in [0.2, 0.25) is 0 Å². The zero-order chi connectivity index (χ0) is 15.6. The Labute approximate surface area is 133 Å². The Hall–Kier alpha value is -2.41. The number of anilines is 1. The monoisotopic (exact) mass is 326 g/mol. The van der Waals surface area contributed by atoms with E-state index in [1.165, 1.54) is 4.31 Å². The van der Waals surface area contributed by atoms with E-state index < -0.39 is 10.0 Å². The van der Waals surface area contributed by atoms with Crippen LogP contribution in [0.3, 0.4) is 0 Å². The van der Waals surface area contributed by atoms with Gasteiger partial charge < -0.3 is 0 Å². The van der Waals surface area contributed by atoms with Crippen molar-refractivity contribution in [3.05, 3.63) is 48.0 Å². The van der Waals surface area contributed by atoms with E-state index in [0.717, 1.165) is 29.4 Å². The highest BCUT2D eigenvalue weighted by Gasteiger charge is 2.36. The van der Waals surface area contributed by atoms with Crippen LogP contribution >= 0.6 is 0 Å². The lowest BCUT2D eigenvalue weighted by Crippen LogP contribution is -2.27. The molecular weight excluding hydrogens is 312 g/mol. The highest BCUT2D eigenvalue weighted by molar-refractivity contribution is 7.93. The lowest BCUT2D eigenvalue weighted by Gasteiger charge is -2.17. The molecule has 1 aliphatic heterocycles. The number of nitrogens with one attached hydrogen (secondary N) is 1. The lowest BCUT2D eigenvalue weighted by atomic mass is 10.1. The van der Waals surface area contributed by atoms with Crippen LogP contribution in [-0.2, 0) is 16.6 Å². The minimum atomic E-state index is -3.55. The predicted octanol–water partition coefficient (Wildman–Crippen LogP) is 2.54. The second-order valence-electron chi connectivity index (χ2n) is 6.06. The van der Waals surface area contributed by atoms with E-state index in [1.807, 2.05) is 24.3 Å². The molecule has 1 fully saturated rings. The van der Waals surface area contributed by atoms with Crippen molar-refractivity contribution in [1.29, 1.82) is 0 Å². The maximum Gasteiger partial charge on any atom is 0.265 e. The highest BCUT2D eigenvalue weighted by atomic mass is 32.2. The molecule has 0 radical (unpaired) electrons. The molecule has 1 saturated carbocycles. The van der Waals surface area contributed by atoms with Gasteiger partial charge in [-0.15, -0.1) is 0 Å². The molecule has 116 valence electrons. The summed E-state index contributed by atoms with van der Waals surface area (Å²) in [5.41, 5.74) is 0.711. The van der Waals surface area contributed by atoms with Gasteiger partial charge in [0.05, 0.1) is 17.1 Å². The molecule has 5 rings (SSSR count). The lowest BCUT2D eigenvalue weighted by molar-refractivity contribution is 0.592. The third-order valence-electron chi connectivity index (χ3n) is 4.47. The molecule has 2 aromatic carbocycles. The molecule has 0 amide bonds. The SMILES string of the molecule is O=S1(=O)c2cccc3cccc(c23)N1Cc1nc(C2CC2)n[nH]1. The first kappa shape index (κ1) is 13.1. The average Bonchev–Trinajstić information content (AvgIpc) is 3.26. The summed E-state index contributed by atoms with van der Waals surface area (Å²) < 4.78 is 27.2. The molecule has 3 aromatic rings. The van der Waals surface area contributed by atoms with Crippen LogP contribution in [-0.4, -0.2) is 23.6 Å². The van der Waals surface area contributed by atoms with Gasteiger partial charge in [0.1, 0.15) is 5.82 Å². The fraction of sp³-hybridized carbons (Fsp3) is 0.250. The molecule has 0 spiro atoms. The molecule has 1 aliphatic carbocycles. The van der Waals surface area contributed by atoms with E-state index in [0.29, 0.717) is 22.3 Å². The number of sulfonamides is 1. The minimum absolute atomic E-state index is 0.176. The standard InChI is InChI=1S/C16H14N4O2S/c21-23(22)13-6-2-4-10-3-1-5-12(15(10)13)20(23)9-14-17-16(19-18-14)11-7-8-11/h1-6,11H,7-9H2,(H,17,18,19). The van der Waals surface area contributed by atoms with Gasteiger partial charge in [-0.1, -0.05) is 24.3 Å². The zero-order valence-corrected chi connectivity index (χ0v) is 13.0. The van der Waals surface area contributed by atoms with Gasteiger partial charge in [-0.2, -0.15) is 5.10 Å². The van der Waals surface area contributed by atoms with Crippen molar-refractivity contribution in [1.82, 2.24) is 15.2 Å². The molecule has 1 aromatic heterocycles. The van der Waals surface area contributed by atoms with E-state index in [2.05, 4.69) is 15.2 Å². The van der Waals surface area contributed by atoms with Crippen molar-refractivity contribution in [3.63, 3.8) is 0 Å². The fourth-order valence-electron chi connectivity index (χ4n) is 3.17. The summed E-state index contributed by atoms with van der Waals surface area (Å²) in [6, 6.07) is 11.0. The van der Waals surface area contributed by atoms with Crippen molar-refractivity contribution >= 4 is 26.5 Å². The van der Waals surface area contributed by atoms with Crippen molar-refractivity contribution in [2.24, 2.45) is 0 Å². The summed E-state index contributed by atoms with van der Waals surface area (Å²) in [5.74, 6) is 1.82. The Morgan fingerprint density at radius 2 is 1.96 bits per heavy atom. The first-order valence-corrected chi connectivity index (χ1v) is 9.04. The second-order valence-corrected chi connectivity index (χ2v) is 7.89. The van der Waals surface area contributed by atoms with Gasteiger partial charge in [0.2, 0.25) is 0 Å². The van der Waals surface area contributed by atoms with E-state index in [9.17, 15) is 8.42 Å². The van der Waals surface area contributed by atoms with Gasteiger partial charge >= 0.3 is 0 Å². The Bertz CT molecular complexity index is 1030. The molecule has 0 unspecified atom stereocenters. The number of aromatic nitrogens is 3. The summed E-state index contributed by atoms with van der Waals surface area (Å²) in [4.78, 5) is 4.82. The maximum absolute atomic E-state index is 12.9. The molecule has 0 atom stereocenters. The first-order valence-electron chi connectivity index (χ1n) is 7.60. The molecule has 23 heavy (non-hydrogen) atoms. The summed E-state index contributed by atoms with van der Waals surface area (Å²) in [7, 11) is -3.55. The minimum Gasteiger partial charge on any atom is -0.261 e. The number of hydrogen-bond donors (Lipinski definition) is 1. The Morgan fingerprint density at radius 1 is 1.17 bits per heavy atom. The van der Waals surface area contributed by atoms with Crippen LogP contribution in [0.1, 0.15) is 30.4 Å². The predicted molar refractivity (Wildman–Crippen MR) is 85.7 cm³/mol. The van der Waals surface area contributed by atoms with Crippen molar-refractivity contribution in [2.45, 2.75) is 30.2 Å². The third-order valence-corrected chi connectivity index (χ3v) is 6.27. The summed E-state index contributed by atoms with van der Waals surface area (Å²) in [6.07, 6.45) is 2.23. The van der Waals surface area contributed by atoms with Crippen molar-refractivity contribution < 1.29 is 8.42 Å². The van der Waals surface area contributed by atoms with E-state index >= 15 is 0 Å². The van der Waals surface area contributed by atoms with Gasteiger partial charge in [0.15, 0.2) is 5.82 Å². The average molecular weight is 326 g/mol. The Balaban J connectivity index is 1.61. The summed E-state index contributed by atoms with van der Waals surface area (Å²) >= 11 is 0. The number of aromatic amines is 1. The number of nitrogens with zero attached hydrogens (tertiary/aromatic N) is 3. The summed E-state index contributed by atoms with van der Waals surface area (Å²) in [6.45, 7) is 0.176. The Kier molecular flexibility index (Phi) is 2.45. The number of benzene rings is 2. The molecule has 6 nitrogen and oxygen atoms in total. The molecule has 2 heterocycles. The van der Waals surface area contributed by atoms with E-state index in [4.69, 9.17) is 0 Å². The van der Waals surface area contributed by atoms with Gasteiger partial charge in [-0.3, -0.25) is 9.40 Å². The maximum atomic E-state index is 12.9. The molecule has 0 bridgehead atoms. The van der Waals surface area contributed by atoms with Gasteiger partial charge in [-0.05, 0) is 30.4 Å². The topological polar surface area (TPSA) is 79.0 Å². The van der Waals surface area contributed by atoms with Crippen LogP contribution in [0.25, 0.3) is 10.8 Å². The van der Waals surface area contributed by atoms with Crippen LogP contribution in [0, 0.1) is 0 Å². The van der Waals surface area contributed by atoms with Crippen molar-refractivity contribution in [3.8, 4) is 0 Å². The van der Waals surface area contributed by atoms with Gasteiger partial charge in [0.25, 0.3) is 10.0 Å². The Morgan fingerprint density at radius 3 is 2.74 bits per heavy atom. The van der Waals surface area contributed by atoms with Crippen LogP contribution in [0.5, 0.6) is 0 Å². The molecule has 0 saturated heterocycles. The number of rotatable bonds is 3. The quantitative estimate of drug-likeness (QED) is 0.802. The molecule has 1 N–H and O–H groups in total. The van der Waals surface area contributed by atoms with Crippen LogP contribution < -0.4 is 4.31 Å². The van der Waals surface area contributed by atoms with Crippen LogP contribution in [0.15, 0.2) is 41.3 Å². The first-order chi connectivity index (χ1) is 11.1. The molecule has 2 aliphatic rings. The smallest absolute Gasteiger partial charge is 0.261 e. The second kappa shape index (κ2) is 4.32. The molecular formula is C16H14N4O2S. The summed E-state index contributed by atoms with van der Waals surface area (Å²) in [5, 5.41) is 8.81. The number of hydrogen-bond acceptors (Lipinski definition) is 4. The fourth-order valence-corrected chi connectivity index (χ4v) is 4.84. The normalized spacial score (nSPS) is 18.7. The van der Waals surface area contributed by atoms with Crippen molar-refractivity contribution in [2.75, 3.05) is 4.31 Å². The highest BCUT2D eigenvalue weighted by Crippen LogP contribution is 2.43. The number of H-pyrrole nitrogens is 1. The largest absolute Gasteiger partial charge is 0.265 e. The van der Waals surface area contributed by atoms with E-state index in [1.54, 1.807) is 12.1 Å². The third kappa shape index (κ3) is 1.83. The van der Waals surface area contributed by atoms with Gasteiger partial charge in [-0.25, -0.2) is 13.4 Å². The van der Waals surface area contributed by atoms with Gasteiger partial charge in [0, 0.05) is 11.3 Å². The zero-order valence-electron chi connectivity index (χ0n) is 12.2. The molecule has 7 heteroatoms. The van der Waals surface area contributed by atoms with Crippen LogP contribution in [0.4, 0.5) is 5.69 Å².